The van der Waals surface area contributed by atoms with Crippen molar-refractivity contribution in [3.63, 3.8) is 0 Å². The van der Waals surface area contributed by atoms with E-state index in [9.17, 15) is 23.1 Å². The Labute approximate surface area is 89.1 Å². The van der Waals surface area contributed by atoms with Gasteiger partial charge < -0.3 is 15.0 Å². The molecule has 0 aromatic heterocycles. The third-order valence-corrected chi connectivity index (χ3v) is 2.34. The van der Waals surface area contributed by atoms with Gasteiger partial charge in [0.05, 0.1) is 12.6 Å². The van der Waals surface area contributed by atoms with E-state index < -0.39 is 29.7 Å². The summed E-state index contributed by atoms with van der Waals surface area (Å²) in [5, 5.41) is 19.5. The largest absolute Gasteiger partial charge is 0.549 e. The van der Waals surface area contributed by atoms with E-state index in [-0.39, 0.29) is 0 Å². The van der Waals surface area contributed by atoms with Crippen LogP contribution in [0, 0.1) is 0 Å². The molecular formula is C10H8F3O3-. The number of alkyl halides is 3. The van der Waals surface area contributed by atoms with E-state index in [0.29, 0.717) is 0 Å². The molecule has 16 heavy (non-hydrogen) atoms. The Morgan fingerprint density at radius 3 is 2.06 bits per heavy atom. The van der Waals surface area contributed by atoms with Gasteiger partial charge in [-0.05, 0) is 5.56 Å². The van der Waals surface area contributed by atoms with Crippen LogP contribution in [0.1, 0.15) is 5.56 Å². The van der Waals surface area contributed by atoms with Crippen molar-refractivity contribution < 1.29 is 28.2 Å². The van der Waals surface area contributed by atoms with E-state index in [1.54, 1.807) is 0 Å². The minimum absolute atomic E-state index is 0.551. The first kappa shape index (κ1) is 12.5. The number of aliphatic hydroxyl groups is 1. The molecule has 0 heterocycles. The smallest absolute Gasteiger partial charge is 0.405 e. The normalized spacial score (nSPS) is 15.5. The van der Waals surface area contributed by atoms with Gasteiger partial charge in [0.25, 0.3) is 0 Å². The summed E-state index contributed by atoms with van der Waals surface area (Å²) in [5.74, 6) is -2.37. The molecule has 0 aliphatic heterocycles. The number of benzene rings is 1. The number of aliphatic carboxylic acids is 1. The van der Waals surface area contributed by atoms with Crippen LogP contribution in [0.3, 0.4) is 0 Å². The first-order valence-corrected chi connectivity index (χ1v) is 4.31. The lowest BCUT2D eigenvalue weighted by Gasteiger charge is -2.35. The van der Waals surface area contributed by atoms with Crippen LogP contribution in [0.15, 0.2) is 30.3 Å². The van der Waals surface area contributed by atoms with Crippen LogP contribution < -0.4 is 5.11 Å². The molecule has 0 aliphatic rings. The second kappa shape index (κ2) is 4.13. The van der Waals surface area contributed by atoms with Crippen LogP contribution in [-0.4, -0.2) is 23.9 Å². The molecule has 0 unspecified atom stereocenters. The highest BCUT2D eigenvalue weighted by atomic mass is 19.4. The van der Waals surface area contributed by atoms with Crippen molar-refractivity contribution in [2.24, 2.45) is 0 Å². The number of carbonyl (C=O) groups is 1. The van der Waals surface area contributed by atoms with E-state index in [1.165, 1.54) is 18.2 Å². The van der Waals surface area contributed by atoms with Crippen molar-refractivity contribution in [1.82, 2.24) is 0 Å². The minimum Gasteiger partial charge on any atom is -0.549 e. The summed E-state index contributed by atoms with van der Waals surface area (Å²) in [5.41, 5.74) is -3.92. The quantitative estimate of drug-likeness (QED) is 0.812. The molecule has 0 aliphatic carbocycles. The molecule has 3 nitrogen and oxygen atoms in total. The average Bonchev–Trinajstić information content (AvgIpc) is 2.18. The van der Waals surface area contributed by atoms with Gasteiger partial charge in [-0.15, -0.1) is 0 Å². The molecule has 0 spiro atoms. The summed E-state index contributed by atoms with van der Waals surface area (Å²) in [6, 6.07) is 5.93. The van der Waals surface area contributed by atoms with Crippen LogP contribution in [0.25, 0.3) is 0 Å². The first-order valence-electron chi connectivity index (χ1n) is 4.31. The molecule has 88 valence electrons. The van der Waals surface area contributed by atoms with Crippen LogP contribution in [0.5, 0.6) is 0 Å². The zero-order valence-corrected chi connectivity index (χ0v) is 7.99. The highest BCUT2D eigenvalue weighted by Crippen LogP contribution is 2.40. The third kappa shape index (κ3) is 1.76. The average molecular weight is 233 g/mol. The van der Waals surface area contributed by atoms with Gasteiger partial charge in [0.1, 0.15) is 0 Å². The first-order chi connectivity index (χ1) is 7.36. The Morgan fingerprint density at radius 1 is 1.25 bits per heavy atom. The van der Waals surface area contributed by atoms with Crippen LogP contribution in [0.2, 0.25) is 0 Å². The molecule has 1 rings (SSSR count). The minimum atomic E-state index is -5.12. The van der Waals surface area contributed by atoms with Crippen LogP contribution >= 0.6 is 0 Å². The zero-order valence-electron chi connectivity index (χ0n) is 7.99. The van der Waals surface area contributed by atoms with Gasteiger partial charge in [0.2, 0.25) is 0 Å². The Morgan fingerprint density at radius 2 is 1.75 bits per heavy atom. The number of carbonyl (C=O) groups excluding carboxylic acids is 1. The van der Waals surface area contributed by atoms with Crippen molar-refractivity contribution in [2.45, 2.75) is 11.6 Å². The Bertz CT molecular complexity index is 375. The fourth-order valence-corrected chi connectivity index (χ4v) is 1.37. The standard InChI is InChI=1S/C10H9F3O3/c11-10(12,13)9(6-14,8(15)16)7-4-2-1-3-5-7/h1-5,14H,6H2,(H,15,16)/p-1/t9-/m1/s1. The number of hydrogen-bond donors (Lipinski definition) is 1. The van der Waals surface area contributed by atoms with Gasteiger partial charge in [-0.1, -0.05) is 30.3 Å². The van der Waals surface area contributed by atoms with Crippen molar-refractivity contribution >= 4 is 5.97 Å². The van der Waals surface area contributed by atoms with Crippen molar-refractivity contribution in [3.05, 3.63) is 35.9 Å². The fourth-order valence-electron chi connectivity index (χ4n) is 1.37. The molecule has 0 saturated heterocycles. The van der Waals surface area contributed by atoms with E-state index in [1.807, 2.05) is 0 Å². The molecule has 6 heteroatoms. The van der Waals surface area contributed by atoms with Crippen molar-refractivity contribution in [2.75, 3.05) is 6.61 Å². The molecule has 1 aromatic carbocycles. The predicted octanol–water partition coefficient (Wildman–Crippen LogP) is 0.229. The lowest BCUT2D eigenvalue weighted by atomic mass is 9.80. The lowest BCUT2D eigenvalue weighted by molar-refractivity contribution is -0.333. The molecule has 0 saturated carbocycles. The van der Waals surface area contributed by atoms with E-state index in [4.69, 9.17) is 5.11 Å². The monoisotopic (exact) mass is 233 g/mol. The van der Waals surface area contributed by atoms with Gasteiger partial charge in [-0.3, -0.25) is 0 Å². The van der Waals surface area contributed by atoms with Gasteiger partial charge in [0.15, 0.2) is 5.41 Å². The SMILES string of the molecule is O=C([O-])[C@@](CO)(c1ccccc1)C(F)(F)F. The summed E-state index contributed by atoms with van der Waals surface area (Å²) >= 11 is 0. The third-order valence-electron chi connectivity index (χ3n) is 2.34. The van der Waals surface area contributed by atoms with Crippen molar-refractivity contribution in [1.29, 1.82) is 0 Å². The highest BCUT2D eigenvalue weighted by Gasteiger charge is 2.57. The van der Waals surface area contributed by atoms with Gasteiger partial charge in [-0.25, -0.2) is 0 Å². The number of hydrogen-bond acceptors (Lipinski definition) is 3. The summed E-state index contributed by atoms with van der Waals surface area (Å²) in [4.78, 5) is 10.7. The Balaban J connectivity index is 3.42. The maximum Gasteiger partial charge on any atom is 0.405 e. The van der Waals surface area contributed by atoms with Gasteiger partial charge in [0, 0.05) is 0 Å². The summed E-state index contributed by atoms with van der Waals surface area (Å²) in [6.07, 6.45) is -5.12. The van der Waals surface area contributed by atoms with Crippen molar-refractivity contribution in [3.8, 4) is 0 Å². The van der Waals surface area contributed by atoms with E-state index in [2.05, 4.69) is 0 Å². The fraction of sp³-hybridized carbons (Fsp3) is 0.300. The Hall–Kier alpha value is -1.56. The van der Waals surface area contributed by atoms with Gasteiger partial charge >= 0.3 is 6.18 Å². The van der Waals surface area contributed by atoms with E-state index in [0.717, 1.165) is 12.1 Å². The lowest BCUT2D eigenvalue weighted by Crippen LogP contribution is -2.58. The van der Waals surface area contributed by atoms with Gasteiger partial charge in [-0.2, -0.15) is 13.2 Å². The maximum atomic E-state index is 12.7. The number of carboxylic acid groups (broad SMARTS) is 1. The molecule has 0 radical (unpaired) electrons. The molecule has 1 N–H and O–H groups in total. The Kier molecular flexibility index (Phi) is 3.23. The second-order valence-electron chi connectivity index (χ2n) is 3.21. The number of carboxylic acids is 1. The predicted molar refractivity (Wildman–Crippen MR) is 46.3 cm³/mol. The summed E-state index contributed by atoms with van der Waals surface area (Å²) in [7, 11) is 0. The topological polar surface area (TPSA) is 60.4 Å². The highest BCUT2D eigenvalue weighted by molar-refractivity contribution is 5.81. The maximum absolute atomic E-state index is 12.7. The molecule has 0 amide bonds. The number of halogens is 3. The van der Waals surface area contributed by atoms with E-state index >= 15 is 0 Å². The zero-order chi connectivity index (χ0) is 12.4. The molecule has 1 aromatic rings. The van der Waals surface area contributed by atoms with Crippen LogP contribution in [-0.2, 0) is 10.2 Å². The molecule has 0 bridgehead atoms. The summed E-state index contributed by atoms with van der Waals surface area (Å²) in [6.45, 7) is -1.59. The number of rotatable bonds is 3. The number of aliphatic hydroxyl groups excluding tert-OH is 1. The van der Waals surface area contributed by atoms with Crippen LogP contribution in [0.4, 0.5) is 13.2 Å². The molecule has 1 atom stereocenters. The summed E-state index contributed by atoms with van der Waals surface area (Å²) < 4.78 is 38.2. The second-order valence-corrected chi connectivity index (χ2v) is 3.21. The molecular weight excluding hydrogens is 225 g/mol. The molecule has 0 fully saturated rings.